The van der Waals surface area contributed by atoms with Crippen molar-refractivity contribution in [2.24, 2.45) is 5.73 Å². The summed E-state index contributed by atoms with van der Waals surface area (Å²) in [5, 5.41) is 3.41. The highest BCUT2D eigenvalue weighted by Crippen LogP contribution is 2.32. The van der Waals surface area contributed by atoms with Crippen molar-refractivity contribution in [3.8, 4) is 5.75 Å². The Hall–Kier alpha value is -1.06. The first-order valence-corrected chi connectivity index (χ1v) is 5.46. The third-order valence-electron chi connectivity index (χ3n) is 2.87. The number of rotatable bonds is 4. The number of para-hydroxylation sites is 1. The lowest BCUT2D eigenvalue weighted by molar-refractivity contribution is 0.323. The molecule has 0 fully saturated rings. The molecule has 15 heavy (non-hydrogen) atoms. The second kappa shape index (κ2) is 4.64. The predicted octanol–water partition coefficient (Wildman–Crippen LogP) is 1.10. The molecule has 1 unspecified atom stereocenters. The van der Waals surface area contributed by atoms with Gasteiger partial charge in [-0.2, -0.15) is 0 Å². The lowest BCUT2D eigenvalue weighted by Gasteiger charge is -2.14. The molecule has 0 saturated heterocycles. The predicted molar refractivity (Wildman–Crippen MR) is 61.2 cm³/mol. The molecule has 1 heterocycles. The summed E-state index contributed by atoms with van der Waals surface area (Å²) >= 11 is 0. The summed E-state index contributed by atoms with van der Waals surface area (Å²) in [6.45, 7) is 4.50. The van der Waals surface area contributed by atoms with E-state index in [1.54, 1.807) is 0 Å². The van der Waals surface area contributed by atoms with Crippen molar-refractivity contribution < 1.29 is 4.74 Å². The van der Waals surface area contributed by atoms with Gasteiger partial charge in [0.1, 0.15) is 5.75 Å². The largest absolute Gasteiger partial charge is 0.493 e. The van der Waals surface area contributed by atoms with Crippen molar-refractivity contribution in [1.29, 1.82) is 0 Å². The van der Waals surface area contributed by atoms with Gasteiger partial charge in [-0.1, -0.05) is 18.2 Å². The molecule has 0 aliphatic carbocycles. The lowest BCUT2D eigenvalue weighted by atomic mass is 10.0. The molecule has 0 aromatic heterocycles. The minimum atomic E-state index is 0.373. The Morgan fingerprint density at radius 1 is 1.53 bits per heavy atom. The highest BCUT2D eigenvalue weighted by Gasteiger charge is 2.23. The van der Waals surface area contributed by atoms with Crippen molar-refractivity contribution in [2.75, 3.05) is 19.7 Å². The van der Waals surface area contributed by atoms with Crippen LogP contribution in [0.4, 0.5) is 0 Å². The van der Waals surface area contributed by atoms with Gasteiger partial charge >= 0.3 is 0 Å². The number of nitrogens with two attached hydrogens (primary N) is 1. The average molecular weight is 206 g/mol. The molecule has 0 bridgehead atoms. The van der Waals surface area contributed by atoms with E-state index in [4.69, 9.17) is 10.5 Å². The van der Waals surface area contributed by atoms with E-state index < -0.39 is 0 Å². The normalized spacial score (nSPS) is 20.8. The Morgan fingerprint density at radius 2 is 2.33 bits per heavy atom. The van der Waals surface area contributed by atoms with E-state index in [1.165, 1.54) is 5.56 Å². The lowest BCUT2D eigenvalue weighted by Crippen LogP contribution is -2.36. The number of nitrogens with one attached hydrogen (secondary N) is 1. The fraction of sp³-hybridized carbons (Fsp3) is 0.500. The SMILES string of the molecule is C[C@H](CN)NCC1COc2ccccc21. The molecule has 0 amide bonds. The van der Waals surface area contributed by atoms with E-state index in [2.05, 4.69) is 24.4 Å². The fourth-order valence-electron chi connectivity index (χ4n) is 1.83. The van der Waals surface area contributed by atoms with Crippen molar-refractivity contribution in [3.63, 3.8) is 0 Å². The van der Waals surface area contributed by atoms with Gasteiger partial charge in [0.05, 0.1) is 6.61 Å². The first-order chi connectivity index (χ1) is 7.31. The van der Waals surface area contributed by atoms with E-state index in [0.717, 1.165) is 18.9 Å². The Morgan fingerprint density at radius 3 is 3.13 bits per heavy atom. The zero-order chi connectivity index (χ0) is 10.7. The third kappa shape index (κ3) is 2.30. The van der Waals surface area contributed by atoms with Gasteiger partial charge in [-0.3, -0.25) is 0 Å². The second-order valence-electron chi connectivity index (χ2n) is 4.09. The van der Waals surface area contributed by atoms with E-state index in [1.807, 2.05) is 12.1 Å². The van der Waals surface area contributed by atoms with Crippen LogP contribution in [0.3, 0.4) is 0 Å². The molecule has 2 atom stereocenters. The van der Waals surface area contributed by atoms with Gasteiger partial charge in [-0.15, -0.1) is 0 Å². The molecule has 3 nitrogen and oxygen atoms in total. The van der Waals surface area contributed by atoms with Crippen LogP contribution in [0.5, 0.6) is 5.75 Å². The maximum atomic E-state index is 5.61. The number of fused-ring (bicyclic) bond motifs is 1. The zero-order valence-electron chi connectivity index (χ0n) is 9.07. The molecule has 82 valence electrons. The fourth-order valence-corrected chi connectivity index (χ4v) is 1.83. The number of benzene rings is 1. The summed E-state index contributed by atoms with van der Waals surface area (Å²) in [6.07, 6.45) is 0. The number of hydrogen-bond donors (Lipinski definition) is 2. The van der Waals surface area contributed by atoms with Crippen molar-refractivity contribution in [2.45, 2.75) is 18.9 Å². The highest BCUT2D eigenvalue weighted by atomic mass is 16.5. The van der Waals surface area contributed by atoms with Crippen LogP contribution in [-0.2, 0) is 0 Å². The smallest absolute Gasteiger partial charge is 0.122 e. The Balaban J connectivity index is 1.96. The van der Waals surface area contributed by atoms with Gasteiger partial charge < -0.3 is 15.8 Å². The summed E-state index contributed by atoms with van der Waals surface area (Å²) in [4.78, 5) is 0. The highest BCUT2D eigenvalue weighted by molar-refractivity contribution is 5.39. The van der Waals surface area contributed by atoms with Gasteiger partial charge in [0, 0.05) is 30.6 Å². The standard InChI is InChI=1S/C12H18N2O/c1-9(6-13)14-7-10-8-15-12-5-3-2-4-11(10)12/h2-5,9-10,14H,6-8,13H2,1H3/t9-,10?/m1/s1. The molecule has 1 aromatic carbocycles. The van der Waals surface area contributed by atoms with Crippen LogP contribution in [0.25, 0.3) is 0 Å². The summed E-state index contributed by atoms with van der Waals surface area (Å²) in [7, 11) is 0. The van der Waals surface area contributed by atoms with Gasteiger partial charge in [0.25, 0.3) is 0 Å². The number of ether oxygens (including phenoxy) is 1. The molecule has 1 aromatic rings. The van der Waals surface area contributed by atoms with Crippen molar-refractivity contribution in [3.05, 3.63) is 29.8 Å². The summed E-state index contributed by atoms with van der Waals surface area (Å²) < 4.78 is 5.61. The second-order valence-corrected chi connectivity index (χ2v) is 4.09. The molecule has 3 heteroatoms. The monoisotopic (exact) mass is 206 g/mol. The molecule has 0 radical (unpaired) electrons. The maximum Gasteiger partial charge on any atom is 0.122 e. The van der Waals surface area contributed by atoms with Crippen LogP contribution in [0.1, 0.15) is 18.4 Å². The van der Waals surface area contributed by atoms with Gasteiger partial charge in [0.15, 0.2) is 0 Å². The van der Waals surface area contributed by atoms with Crippen LogP contribution in [0.2, 0.25) is 0 Å². The molecule has 0 spiro atoms. The minimum absolute atomic E-state index is 0.373. The quantitative estimate of drug-likeness (QED) is 0.775. The zero-order valence-corrected chi connectivity index (χ0v) is 9.07. The van der Waals surface area contributed by atoms with E-state index in [9.17, 15) is 0 Å². The van der Waals surface area contributed by atoms with E-state index >= 15 is 0 Å². The Kier molecular flexibility index (Phi) is 3.23. The summed E-state index contributed by atoms with van der Waals surface area (Å²) in [6, 6.07) is 8.62. The Bertz CT molecular complexity index is 327. The first-order valence-electron chi connectivity index (χ1n) is 5.46. The molecule has 2 rings (SSSR count). The minimum Gasteiger partial charge on any atom is -0.493 e. The van der Waals surface area contributed by atoms with Gasteiger partial charge in [0.2, 0.25) is 0 Å². The van der Waals surface area contributed by atoms with Crippen LogP contribution in [0, 0.1) is 0 Å². The summed E-state index contributed by atoms with van der Waals surface area (Å²) in [5.74, 6) is 1.50. The third-order valence-corrected chi connectivity index (χ3v) is 2.87. The summed E-state index contributed by atoms with van der Waals surface area (Å²) in [5.41, 5.74) is 6.87. The maximum absolute atomic E-state index is 5.61. The molecule has 1 aliphatic rings. The Labute approximate surface area is 90.6 Å². The van der Waals surface area contributed by atoms with Gasteiger partial charge in [-0.05, 0) is 13.0 Å². The molecule has 0 saturated carbocycles. The van der Waals surface area contributed by atoms with Crippen LogP contribution >= 0.6 is 0 Å². The molecule has 3 N–H and O–H groups in total. The van der Waals surface area contributed by atoms with Crippen LogP contribution in [-0.4, -0.2) is 25.7 Å². The van der Waals surface area contributed by atoms with E-state index in [0.29, 0.717) is 18.5 Å². The van der Waals surface area contributed by atoms with Crippen molar-refractivity contribution >= 4 is 0 Å². The topological polar surface area (TPSA) is 47.3 Å². The molecular formula is C12H18N2O. The average Bonchev–Trinajstić information content (AvgIpc) is 2.69. The van der Waals surface area contributed by atoms with Crippen LogP contribution in [0.15, 0.2) is 24.3 Å². The number of hydrogen-bond acceptors (Lipinski definition) is 3. The van der Waals surface area contributed by atoms with Gasteiger partial charge in [-0.25, -0.2) is 0 Å². The van der Waals surface area contributed by atoms with E-state index in [-0.39, 0.29) is 0 Å². The van der Waals surface area contributed by atoms with Crippen LogP contribution < -0.4 is 15.8 Å². The first kappa shape index (κ1) is 10.5. The molecule has 1 aliphatic heterocycles. The molecular weight excluding hydrogens is 188 g/mol. The van der Waals surface area contributed by atoms with Crippen molar-refractivity contribution in [1.82, 2.24) is 5.32 Å².